The summed E-state index contributed by atoms with van der Waals surface area (Å²) in [5.41, 5.74) is 3.32. The SMILES string of the molecule is NC(=S)C1(C(=O)Nc2ccccc2C(F)(F)F)CC1. The van der Waals surface area contributed by atoms with Gasteiger partial charge < -0.3 is 11.1 Å². The molecule has 1 amide bonds. The van der Waals surface area contributed by atoms with Crippen molar-refractivity contribution in [1.82, 2.24) is 0 Å². The molecule has 1 aliphatic rings. The van der Waals surface area contributed by atoms with Crippen molar-refractivity contribution in [2.75, 3.05) is 5.32 Å². The Morgan fingerprint density at radius 3 is 2.37 bits per heavy atom. The van der Waals surface area contributed by atoms with Gasteiger partial charge in [0.25, 0.3) is 0 Å². The molecule has 1 aromatic carbocycles. The quantitative estimate of drug-likeness (QED) is 0.841. The van der Waals surface area contributed by atoms with Gasteiger partial charge in [0, 0.05) is 0 Å². The van der Waals surface area contributed by atoms with Crippen LogP contribution in [0.25, 0.3) is 0 Å². The Kier molecular flexibility index (Phi) is 3.25. The number of halogens is 3. The summed E-state index contributed by atoms with van der Waals surface area (Å²) < 4.78 is 38.3. The van der Waals surface area contributed by atoms with Crippen LogP contribution in [0, 0.1) is 5.41 Å². The summed E-state index contributed by atoms with van der Waals surface area (Å²) in [6, 6.07) is 4.80. The summed E-state index contributed by atoms with van der Waals surface area (Å²) in [6.07, 6.45) is -3.57. The Bertz CT molecular complexity index is 538. The summed E-state index contributed by atoms with van der Waals surface area (Å²) >= 11 is 4.79. The minimum Gasteiger partial charge on any atom is -0.392 e. The second-order valence-electron chi connectivity index (χ2n) is 4.44. The second kappa shape index (κ2) is 4.48. The Balaban J connectivity index is 2.26. The maximum Gasteiger partial charge on any atom is 0.418 e. The number of carbonyl (C=O) groups excluding carboxylic acids is 1. The Hall–Kier alpha value is -1.63. The Morgan fingerprint density at radius 2 is 1.89 bits per heavy atom. The van der Waals surface area contributed by atoms with E-state index < -0.39 is 23.1 Å². The number of thiocarbonyl (C=S) groups is 1. The smallest absolute Gasteiger partial charge is 0.392 e. The summed E-state index contributed by atoms with van der Waals surface area (Å²) in [7, 11) is 0. The van der Waals surface area contributed by atoms with Crippen molar-refractivity contribution >= 4 is 28.8 Å². The van der Waals surface area contributed by atoms with Gasteiger partial charge in [0.15, 0.2) is 0 Å². The molecule has 3 nitrogen and oxygen atoms in total. The molecule has 0 radical (unpaired) electrons. The average molecular weight is 288 g/mol. The van der Waals surface area contributed by atoms with Crippen LogP contribution in [0.3, 0.4) is 0 Å². The first kappa shape index (κ1) is 13.8. The average Bonchev–Trinajstić information content (AvgIpc) is 3.09. The molecule has 102 valence electrons. The lowest BCUT2D eigenvalue weighted by atomic mass is 10.1. The van der Waals surface area contributed by atoms with Crippen molar-refractivity contribution in [2.24, 2.45) is 11.1 Å². The fourth-order valence-electron chi connectivity index (χ4n) is 1.79. The topological polar surface area (TPSA) is 55.1 Å². The zero-order valence-corrected chi connectivity index (χ0v) is 10.6. The van der Waals surface area contributed by atoms with E-state index in [1.807, 2.05) is 0 Å². The summed E-state index contributed by atoms with van der Waals surface area (Å²) in [6.45, 7) is 0. The van der Waals surface area contributed by atoms with Gasteiger partial charge in [-0.3, -0.25) is 4.79 Å². The lowest BCUT2D eigenvalue weighted by molar-refractivity contribution is -0.137. The van der Waals surface area contributed by atoms with E-state index in [9.17, 15) is 18.0 Å². The number of hydrogen-bond donors (Lipinski definition) is 2. The van der Waals surface area contributed by atoms with E-state index in [-0.39, 0.29) is 10.7 Å². The molecule has 0 aliphatic heterocycles. The van der Waals surface area contributed by atoms with Crippen molar-refractivity contribution in [1.29, 1.82) is 0 Å². The van der Waals surface area contributed by atoms with Gasteiger partial charge in [-0.1, -0.05) is 24.4 Å². The first-order valence-corrected chi connectivity index (χ1v) is 5.96. The van der Waals surface area contributed by atoms with Gasteiger partial charge in [-0.25, -0.2) is 0 Å². The first-order valence-electron chi connectivity index (χ1n) is 5.55. The highest BCUT2D eigenvalue weighted by Crippen LogP contribution is 2.47. The van der Waals surface area contributed by atoms with Gasteiger partial charge in [-0.05, 0) is 25.0 Å². The molecule has 0 atom stereocenters. The van der Waals surface area contributed by atoms with Crippen LogP contribution >= 0.6 is 12.2 Å². The molecule has 3 N–H and O–H groups in total. The van der Waals surface area contributed by atoms with E-state index in [4.69, 9.17) is 18.0 Å². The molecule has 1 aliphatic carbocycles. The van der Waals surface area contributed by atoms with Crippen LogP contribution in [0.2, 0.25) is 0 Å². The summed E-state index contributed by atoms with van der Waals surface area (Å²) in [4.78, 5) is 12.0. The highest BCUT2D eigenvalue weighted by molar-refractivity contribution is 7.80. The van der Waals surface area contributed by atoms with Crippen molar-refractivity contribution in [3.8, 4) is 0 Å². The van der Waals surface area contributed by atoms with Gasteiger partial charge >= 0.3 is 6.18 Å². The van der Waals surface area contributed by atoms with Crippen molar-refractivity contribution < 1.29 is 18.0 Å². The van der Waals surface area contributed by atoms with Crippen LogP contribution in [0.4, 0.5) is 18.9 Å². The zero-order valence-electron chi connectivity index (χ0n) is 9.75. The van der Waals surface area contributed by atoms with Gasteiger partial charge in [0.05, 0.1) is 21.7 Å². The Morgan fingerprint density at radius 1 is 1.32 bits per heavy atom. The standard InChI is InChI=1S/C12H11F3N2OS/c13-12(14,15)7-3-1-2-4-8(7)17-10(18)11(5-6-11)9(16)19/h1-4H,5-6H2,(H2,16,19)(H,17,18). The number of nitrogens with two attached hydrogens (primary N) is 1. The number of amides is 1. The first-order chi connectivity index (χ1) is 8.77. The van der Waals surface area contributed by atoms with E-state index in [0.717, 1.165) is 6.07 Å². The molecule has 0 spiro atoms. The lowest BCUT2D eigenvalue weighted by Crippen LogP contribution is -2.35. The van der Waals surface area contributed by atoms with E-state index in [1.165, 1.54) is 18.2 Å². The second-order valence-corrected chi connectivity index (χ2v) is 4.88. The van der Waals surface area contributed by atoms with E-state index in [2.05, 4.69) is 5.32 Å². The van der Waals surface area contributed by atoms with Gasteiger partial charge in [-0.2, -0.15) is 13.2 Å². The molecular formula is C12H11F3N2OS. The van der Waals surface area contributed by atoms with Crippen molar-refractivity contribution in [3.63, 3.8) is 0 Å². The normalized spacial score (nSPS) is 16.8. The number of rotatable bonds is 3. The van der Waals surface area contributed by atoms with E-state index in [1.54, 1.807) is 0 Å². The van der Waals surface area contributed by atoms with Crippen molar-refractivity contribution in [3.05, 3.63) is 29.8 Å². The van der Waals surface area contributed by atoms with Crippen LogP contribution in [-0.4, -0.2) is 10.9 Å². The lowest BCUT2D eigenvalue weighted by Gasteiger charge is -2.17. The maximum atomic E-state index is 12.8. The molecule has 7 heteroatoms. The molecule has 0 heterocycles. The monoisotopic (exact) mass is 288 g/mol. The molecule has 1 saturated carbocycles. The van der Waals surface area contributed by atoms with Gasteiger partial charge in [0.1, 0.15) is 0 Å². The van der Waals surface area contributed by atoms with E-state index in [0.29, 0.717) is 12.8 Å². The number of anilines is 1. The number of hydrogen-bond acceptors (Lipinski definition) is 2. The highest BCUT2D eigenvalue weighted by atomic mass is 32.1. The number of para-hydroxylation sites is 1. The molecule has 19 heavy (non-hydrogen) atoms. The summed E-state index contributed by atoms with van der Waals surface area (Å²) in [5.74, 6) is -0.572. The third-order valence-electron chi connectivity index (χ3n) is 3.14. The van der Waals surface area contributed by atoms with Gasteiger partial charge in [-0.15, -0.1) is 0 Å². The van der Waals surface area contributed by atoms with Gasteiger partial charge in [0.2, 0.25) is 5.91 Å². The molecule has 1 aromatic rings. The van der Waals surface area contributed by atoms with Crippen LogP contribution in [-0.2, 0) is 11.0 Å². The number of benzene rings is 1. The fourth-order valence-corrected chi connectivity index (χ4v) is 2.09. The number of alkyl halides is 3. The molecule has 0 bridgehead atoms. The van der Waals surface area contributed by atoms with Crippen LogP contribution in [0.5, 0.6) is 0 Å². The predicted molar refractivity (Wildman–Crippen MR) is 68.5 cm³/mol. The van der Waals surface area contributed by atoms with Crippen LogP contribution < -0.4 is 11.1 Å². The molecule has 0 saturated heterocycles. The minimum atomic E-state index is -4.52. The highest BCUT2D eigenvalue weighted by Gasteiger charge is 2.53. The zero-order chi connectivity index (χ0) is 14.3. The third kappa shape index (κ3) is 2.56. The Labute approximate surface area is 113 Å². The molecule has 0 aromatic heterocycles. The maximum absolute atomic E-state index is 12.8. The minimum absolute atomic E-state index is 0.0227. The predicted octanol–water partition coefficient (Wildman–Crippen LogP) is 2.71. The molecule has 0 unspecified atom stereocenters. The molecular weight excluding hydrogens is 277 g/mol. The fraction of sp³-hybridized carbons (Fsp3) is 0.333. The number of nitrogens with one attached hydrogen (secondary N) is 1. The van der Waals surface area contributed by atoms with E-state index >= 15 is 0 Å². The van der Waals surface area contributed by atoms with Crippen molar-refractivity contribution in [2.45, 2.75) is 19.0 Å². The largest absolute Gasteiger partial charge is 0.418 e. The number of carbonyl (C=O) groups is 1. The molecule has 1 fully saturated rings. The van der Waals surface area contributed by atoms with Crippen LogP contribution in [0.15, 0.2) is 24.3 Å². The molecule has 2 rings (SSSR count). The van der Waals surface area contributed by atoms with Crippen LogP contribution in [0.1, 0.15) is 18.4 Å². The summed E-state index contributed by atoms with van der Waals surface area (Å²) in [5, 5.41) is 2.27. The third-order valence-corrected chi connectivity index (χ3v) is 3.53.